The first-order chi connectivity index (χ1) is 14.2. The van der Waals surface area contributed by atoms with Crippen LogP contribution < -0.4 is 16.1 Å². The summed E-state index contributed by atoms with van der Waals surface area (Å²) in [4.78, 5) is 40.9. The van der Waals surface area contributed by atoms with Crippen molar-refractivity contribution < 1.29 is 9.59 Å². The molecule has 0 unspecified atom stereocenters. The van der Waals surface area contributed by atoms with Crippen LogP contribution in [0.5, 0.6) is 0 Å². The van der Waals surface area contributed by atoms with E-state index in [-0.39, 0.29) is 34.5 Å². The van der Waals surface area contributed by atoms with Crippen LogP contribution in [0.25, 0.3) is 0 Å². The topological polar surface area (TPSA) is 83.4 Å². The molecule has 0 atom stereocenters. The van der Waals surface area contributed by atoms with E-state index in [0.29, 0.717) is 6.54 Å². The van der Waals surface area contributed by atoms with E-state index in [1.807, 2.05) is 18.7 Å². The summed E-state index contributed by atoms with van der Waals surface area (Å²) in [6.45, 7) is 5.41. The predicted molar refractivity (Wildman–Crippen MR) is 118 cm³/mol. The summed E-state index contributed by atoms with van der Waals surface area (Å²) in [5, 5.41) is 5.93. The quantitative estimate of drug-likeness (QED) is 0.682. The Bertz CT molecular complexity index is 833. The van der Waals surface area contributed by atoms with E-state index < -0.39 is 11.3 Å². The van der Waals surface area contributed by atoms with Gasteiger partial charge in [0.1, 0.15) is 11.1 Å². The zero-order chi connectivity index (χ0) is 21.9. The number of hydrogen-bond donors (Lipinski definition) is 2. The predicted octanol–water partition coefficient (Wildman–Crippen LogP) is 2.56. The first kappa shape index (κ1) is 22.5. The van der Waals surface area contributed by atoms with Crippen molar-refractivity contribution in [2.45, 2.75) is 70.9 Å². The second kappa shape index (κ2) is 9.33. The van der Waals surface area contributed by atoms with E-state index in [2.05, 4.69) is 29.4 Å². The molecular weight excluding hydrogens is 380 g/mol. The third kappa shape index (κ3) is 5.94. The molecule has 1 aromatic rings. The summed E-state index contributed by atoms with van der Waals surface area (Å²) < 4.78 is 1.87. The van der Waals surface area contributed by atoms with Gasteiger partial charge in [0.2, 0.25) is 5.43 Å². The van der Waals surface area contributed by atoms with Crippen molar-refractivity contribution in [2.24, 2.45) is 5.41 Å². The molecule has 0 aromatic carbocycles. The highest BCUT2D eigenvalue weighted by atomic mass is 16.2. The number of nitrogens with zero attached hydrogens (tertiary/aromatic N) is 2. The first-order valence-electron chi connectivity index (χ1n) is 11.2. The fourth-order valence-corrected chi connectivity index (χ4v) is 4.34. The van der Waals surface area contributed by atoms with Crippen molar-refractivity contribution in [3.63, 3.8) is 0 Å². The lowest BCUT2D eigenvalue weighted by atomic mass is 9.93. The van der Waals surface area contributed by atoms with Crippen LogP contribution in [0, 0.1) is 5.41 Å². The minimum atomic E-state index is -0.483. The largest absolute Gasteiger partial charge is 0.351 e. The standard InChI is InChI=1S/C23H36N4O3/c1-23(2,15-26(3)4)14-24-21(29)18-12-27(17-10-11-17)13-19(20(18)28)22(30)25-16-8-6-5-7-9-16/h12-13,16-17H,5-11,14-15H2,1-4H3,(H,24,29)(H,25,30). The van der Waals surface area contributed by atoms with Gasteiger partial charge in [0, 0.05) is 37.6 Å². The average Bonchev–Trinajstić information content (AvgIpc) is 3.51. The summed E-state index contributed by atoms with van der Waals surface area (Å²) in [7, 11) is 3.98. The molecule has 1 heterocycles. The van der Waals surface area contributed by atoms with E-state index >= 15 is 0 Å². The van der Waals surface area contributed by atoms with Gasteiger partial charge < -0.3 is 20.1 Å². The van der Waals surface area contributed by atoms with Gasteiger partial charge in [-0.05, 0) is 45.2 Å². The molecule has 0 saturated heterocycles. The lowest BCUT2D eigenvalue weighted by Crippen LogP contribution is -2.43. The van der Waals surface area contributed by atoms with Crippen molar-refractivity contribution in [1.82, 2.24) is 20.1 Å². The highest BCUT2D eigenvalue weighted by Gasteiger charge is 2.28. The summed E-state index contributed by atoms with van der Waals surface area (Å²) >= 11 is 0. The second-order valence-corrected chi connectivity index (χ2v) is 9.99. The SMILES string of the molecule is CN(C)CC(C)(C)CNC(=O)c1cn(C2CC2)cc(C(=O)NC2CCCCC2)c1=O. The van der Waals surface area contributed by atoms with Gasteiger partial charge in [-0.25, -0.2) is 0 Å². The number of amides is 2. The number of aromatic nitrogens is 1. The molecule has 0 spiro atoms. The molecule has 3 rings (SSSR count). The van der Waals surface area contributed by atoms with Crippen molar-refractivity contribution >= 4 is 11.8 Å². The molecule has 7 heteroatoms. The van der Waals surface area contributed by atoms with Gasteiger partial charge in [0.25, 0.3) is 11.8 Å². The van der Waals surface area contributed by atoms with Crippen molar-refractivity contribution in [3.8, 4) is 0 Å². The van der Waals surface area contributed by atoms with Crippen LogP contribution in [0.15, 0.2) is 17.2 Å². The molecule has 2 aliphatic rings. The number of nitrogens with one attached hydrogen (secondary N) is 2. The molecule has 166 valence electrons. The number of rotatable bonds is 8. The Morgan fingerprint density at radius 3 is 2.20 bits per heavy atom. The van der Waals surface area contributed by atoms with E-state index in [1.54, 1.807) is 12.4 Å². The Morgan fingerprint density at radius 2 is 1.63 bits per heavy atom. The molecule has 2 fully saturated rings. The maximum atomic E-state index is 13.0. The minimum Gasteiger partial charge on any atom is -0.351 e. The highest BCUT2D eigenvalue weighted by Crippen LogP contribution is 2.34. The normalized spacial score (nSPS) is 17.8. The van der Waals surface area contributed by atoms with Gasteiger partial charge in [0.15, 0.2) is 0 Å². The lowest BCUT2D eigenvalue weighted by molar-refractivity contribution is 0.0924. The Morgan fingerprint density at radius 1 is 1.03 bits per heavy atom. The summed E-state index contributed by atoms with van der Waals surface area (Å²) in [6, 6.07) is 0.382. The van der Waals surface area contributed by atoms with Gasteiger partial charge in [-0.1, -0.05) is 33.1 Å². The van der Waals surface area contributed by atoms with E-state index in [4.69, 9.17) is 0 Å². The summed E-state index contributed by atoms with van der Waals surface area (Å²) in [5.74, 6) is -0.766. The lowest BCUT2D eigenvalue weighted by Gasteiger charge is -2.28. The smallest absolute Gasteiger partial charge is 0.256 e. The van der Waals surface area contributed by atoms with Gasteiger partial charge in [-0.2, -0.15) is 0 Å². The maximum absolute atomic E-state index is 13.0. The Kier molecular flexibility index (Phi) is 7.01. The third-order valence-corrected chi connectivity index (χ3v) is 5.92. The highest BCUT2D eigenvalue weighted by molar-refractivity contribution is 5.99. The molecule has 1 aromatic heterocycles. The monoisotopic (exact) mass is 416 g/mol. The second-order valence-electron chi connectivity index (χ2n) is 9.99. The van der Waals surface area contributed by atoms with Crippen LogP contribution in [0.3, 0.4) is 0 Å². The Labute approximate surface area is 179 Å². The van der Waals surface area contributed by atoms with Gasteiger partial charge in [0.05, 0.1) is 0 Å². The van der Waals surface area contributed by atoms with Gasteiger partial charge in [-0.15, -0.1) is 0 Å². The molecule has 0 radical (unpaired) electrons. The zero-order valence-corrected chi connectivity index (χ0v) is 18.8. The number of pyridine rings is 1. The van der Waals surface area contributed by atoms with Crippen LogP contribution in [0.4, 0.5) is 0 Å². The molecule has 0 aliphatic heterocycles. The summed E-state index contributed by atoms with van der Waals surface area (Å²) in [6.07, 6.45) is 10.5. The van der Waals surface area contributed by atoms with E-state index in [9.17, 15) is 14.4 Å². The minimum absolute atomic E-state index is 0.0545. The van der Waals surface area contributed by atoms with Crippen LogP contribution in [-0.4, -0.2) is 54.5 Å². The Hall–Kier alpha value is -2.15. The van der Waals surface area contributed by atoms with Crippen molar-refractivity contribution in [2.75, 3.05) is 27.2 Å². The van der Waals surface area contributed by atoms with E-state index in [0.717, 1.165) is 45.1 Å². The summed E-state index contributed by atoms with van der Waals surface area (Å²) in [5.41, 5.74) is -0.486. The first-order valence-corrected chi connectivity index (χ1v) is 11.2. The molecule has 2 amide bonds. The van der Waals surface area contributed by atoms with Gasteiger partial charge >= 0.3 is 0 Å². The fraction of sp³-hybridized carbons (Fsp3) is 0.696. The molecule has 2 N–H and O–H groups in total. The van der Waals surface area contributed by atoms with Crippen LogP contribution in [-0.2, 0) is 0 Å². The molecule has 2 aliphatic carbocycles. The van der Waals surface area contributed by atoms with Crippen LogP contribution in [0.2, 0.25) is 0 Å². The van der Waals surface area contributed by atoms with E-state index in [1.165, 1.54) is 6.42 Å². The van der Waals surface area contributed by atoms with Crippen LogP contribution >= 0.6 is 0 Å². The molecule has 0 bridgehead atoms. The number of carbonyl (C=O) groups excluding carboxylic acids is 2. The zero-order valence-electron chi connectivity index (χ0n) is 18.8. The number of hydrogen-bond acceptors (Lipinski definition) is 4. The molecular formula is C23H36N4O3. The third-order valence-electron chi connectivity index (χ3n) is 5.92. The fourth-order valence-electron chi connectivity index (χ4n) is 4.34. The molecule has 2 saturated carbocycles. The Balaban J connectivity index is 1.79. The molecule has 30 heavy (non-hydrogen) atoms. The van der Waals surface area contributed by atoms with Crippen molar-refractivity contribution in [1.29, 1.82) is 0 Å². The van der Waals surface area contributed by atoms with Gasteiger partial charge in [-0.3, -0.25) is 14.4 Å². The maximum Gasteiger partial charge on any atom is 0.256 e. The molecule has 7 nitrogen and oxygen atoms in total. The van der Waals surface area contributed by atoms with Crippen molar-refractivity contribution in [3.05, 3.63) is 33.7 Å². The van der Waals surface area contributed by atoms with Crippen LogP contribution in [0.1, 0.15) is 85.6 Å². The average molecular weight is 417 g/mol. The number of carbonyl (C=O) groups is 2.